The third kappa shape index (κ3) is 6.91. The van der Waals surface area contributed by atoms with Gasteiger partial charge in [0.25, 0.3) is 11.8 Å². The monoisotopic (exact) mass is 982 g/mol. The zero-order valence-electron chi connectivity index (χ0n) is 34.4. The molecule has 3 aromatic rings. The molecule has 0 unspecified atom stereocenters. The van der Waals surface area contributed by atoms with E-state index in [1.54, 1.807) is 0 Å². The summed E-state index contributed by atoms with van der Waals surface area (Å²) in [5.74, 6) is -14.7. The molecule has 0 heterocycles. The first-order valence-electron chi connectivity index (χ1n) is 19.0. The Morgan fingerprint density at radius 1 is 0.708 bits per heavy atom. The predicted molar refractivity (Wildman–Crippen MR) is 235 cm³/mol. The summed E-state index contributed by atoms with van der Waals surface area (Å²) in [5, 5.41) is 97.9. The molecule has 65 heavy (non-hydrogen) atoms. The maximum absolute atomic E-state index is 13.6. The molecule has 0 aromatic heterocycles. The highest BCUT2D eigenvalue weighted by Gasteiger charge is 2.66. The number of aliphatic hydroxyl groups is 6. The number of halogens is 4. The molecule has 0 radical (unpaired) electrons. The van der Waals surface area contributed by atoms with Crippen LogP contribution in [0.15, 0.2) is 58.6 Å². The fraction of sp³-hybridized carbons (Fsp3) is 0.333. The van der Waals surface area contributed by atoms with E-state index < -0.39 is 128 Å². The van der Waals surface area contributed by atoms with Crippen molar-refractivity contribution in [2.75, 3.05) is 28.2 Å². The first-order valence-corrected chi connectivity index (χ1v) is 19.7. The Hall–Kier alpha value is -5.48. The first kappa shape index (κ1) is 50.5. The van der Waals surface area contributed by atoms with Crippen LogP contribution in [0.1, 0.15) is 39.6 Å². The molecule has 3 aromatic carbocycles. The van der Waals surface area contributed by atoms with Crippen molar-refractivity contribution in [3.63, 3.8) is 0 Å². The summed E-state index contributed by atoms with van der Waals surface area (Å²) in [6, 6.07) is 4.25. The van der Waals surface area contributed by atoms with Gasteiger partial charge in [-0.25, -0.2) is 0 Å². The molecular formula is C42H42Cl4N4O15. The average Bonchev–Trinajstić information content (AvgIpc) is 3.18. The van der Waals surface area contributed by atoms with Gasteiger partial charge in [0.2, 0.25) is 11.6 Å². The fourth-order valence-corrected chi connectivity index (χ4v) is 10.5. The lowest BCUT2D eigenvalue weighted by atomic mass is 9.57. The minimum atomic E-state index is -2.77. The van der Waals surface area contributed by atoms with Crippen LogP contribution in [-0.4, -0.2) is 142 Å². The number of phenolic OH excluding ortho intramolecular Hbond substituents is 3. The zero-order valence-corrected chi connectivity index (χ0v) is 37.5. The molecule has 1 fully saturated rings. The van der Waals surface area contributed by atoms with Crippen molar-refractivity contribution in [2.24, 2.45) is 29.2 Å². The number of carbonyl (C=O) groups is 6. The molecule has 19 nitrogen and oxygen atoms in total. The lowest BCUT2D eigenvalue weighted by molar-refractivity contribution is -0.156. The second-order valence-corrected chi connectivity index (χ2v) is 17.3. The highest BCUT2D eigenvalue weighted by molar-refractivity contribution is 6.36. The molecule has 8 rings (SSSR count). The number of nitrogens with two attached hydrogens (primary N) is 2. The average molecular weight is 985 g/mol. The molecule has 2 amide bonds. The number of fused-ring (bicyclic) bond motifs is 6. The number of carbonyl (C=O) groups excluding carboxylic acids is 6. The zero-order chi connectivity index (χ0) is 46.8. The largest absolute Gasteiger partial charge is 0.508 e. The standard InChI is InChI=1S/C21H21ClN2O8.C21H19ClN2O7.2ClH/c1-24(2)14-7-5-6-10(16(27)12-9(25)4-3-8(22)11(12)15(6)26)18(29)21(7,32)19(30)13(17(14)28)20(23)31;1-24(2)15-9-6-7-5-8-10(22)3-4-11(25)13(8)16(26)12(7)18(28)21(9,31)19(29)14(17(15)27)20(23)30;;/h3-4,6-7,14-15,25-27,30,32H,5H2,1-2H3,(H2,23,31);3-5,9,15,25-26,29,31H,6H2,1-2H3,(H2,23,30);2*1H/t6-,7-,14-,15-,21-;9-,15-,21-;;/m00../s1. The topological polar surface area (TPSA) is 343 Å². The van der Waals surface area contributed by atoms with Crippen molar-refractivity contribution < 1.29 is 74.7 Å². The van der Waals surface area contributed by atoms with Gasteiger partial charge in [0.15, 0.2) is 22.8 Å². The van der Waals surface area contributed by atoms with Crippen molar-refractivity contribution in [1.82, 2.24) is 9.80 Å². The van der Waals surface area contributed by atoms with Crippen LogP contribution in [0.3, 0.4) is 0 Å². The molecule has 23 heteroatoms. The molecule has 0 saturated heterocycles. The third-order valence-electron chi connectivity index (χ3n) is 12.8. The number of phenols is 3. The van der Waals surface area contributed by atoms with E-state index >= 15 is 0 Å². The molecule has 348 valence electrons. The van der Waals surface area contributed by atoms with Gasteiger partial charge in [0.1, 0.15) is 45.7 Å². The quantitative estimate of drug-likeness (QED) is 0.166. The number of nitrogens with zero attached hydrogens (tertiary/aromatic N) is 2. The second-order valence-electron chi connectivity index (χ2n) is 16.5. The van der Waals surface area contributed by atoms with Crippen molar-refractivity contribution in [3.8, 4) is 17.2 Å². The number of amides is 2. The summed E-state index contributed by atoms with van der Waals surface area (Å²) >= 11 is 12.4. The summed E-state index contributed by atoms with van der Waals surface area (Å²) < 4.78 is 0. The van der Waals surface area contributed by atoms with Gasteiger partial charge in [0, 0.05) is 44.3 Å². The van der Waals surface area contributed by atoms with Crippen LogP contribution in [0.4, 0.5) is 0 Å². The smallest absolute Gasteiger partial charge is 0.255 e. The normalized spacial score (nSPS) is 28.0. The van der Waals surface area contributed by atoms with Gasteiger partial charge >= 0.3 is 0 Å². The number of primary amides is 2. The van der Waals surface area contributed by atoms with Crippen LogP contribution in [-0.2, 0) is 30.4 Å². The molecule has 1 saturated carbocycles. The van der Waals surface area contributed by atoms with E-state index in [9.17, 15) is 74.7 Å². The number of aromatic hydroxyl groups is 3. The van der Waals surface area contributed by atoms with Crippen LogP contribution in [0.25, 0.3) is 16.5 Å². The Kier molecular flexibility index (Phi) is 13.3. The number of benzene rings is 3. The highest BCUT2D eigenvalue weighted by Crippen LogP contribution is 2.57. The van der Waals surface area contributed by atoms with Crippen molar-refractivity contribution in [1.29, 1.82) is 0 Å². The third-order valence-corrected chi connectivity index (χ3v) is 13.4. The van der Waals surface area contributed by atoms with Gasteiger partial charge in [-0.2, -0.15) is 0 Å². The molecule has 5 aliphatic rings. The molecule has 5 aliphatic carbocycles. The minimum Gasteiger partial charge on any atom is -0.508 e. The Labute approximate surface area is 390 Å². The van der Waals surface area contributed by atoms with Crippen LogP contribution in [0.5, 0.6) is 17.2 Å². The van der Waals surface area contributed by atoms with Crippen molar-refractivity contribution in [2.45, 2.75) is 42.2 Å². The number of Topliss-reactive ketones (excluding diaryl/α,β-unsaturated/α-hetero) is 4. The van der Waals surface area contributed by atoms with Gasteiger partial charge in [-0.1, -0.05) is 23.2 Å². The number of ketones is 4. The van der Waals surface area contributed by atoms with Crippen LogP contribution < -0.4 is 11.5 Å². The summed E-state index contributed by atoms with van der Waals surface area (Å²) in [6.45, 7) is 0. The number of hydrogen-bond acceptors (Lipinski definition) is 17. The lowest BCUT2D eigenvalue weighted by Crippen LogP contribution is -2.66. The number of likely N-dealkylation sites (N-methyl/N-ethyl adjacent to an activating group) is 2. The maximum atomic E-state index is 13.6. The van der Waals surface area contributed by atoms with Crippen molar-refractivity contribution >= 4 is 99.5 Å². The van der Waals surface area contributed by atoms with Crippen LogP contribution in [0.2, 0.25) is 10.0 Å². The molecular weight excluding hydrogens is 942 g/mol. The highest BCUT2D eigenvalue weighted by atomic mass is 35.5. The van der Waals surface area contributed by atoms with Gasteiger partial charge in [-0.15, -0.1) is 24.8 Å². The first-order chi connectivity index (χ1) is 29.3. The van der Waals surface area contributed by atoms with E-state index in [1.165, 1.54) is 68.3 Å². The van der Waals surface area contributed by atoms with Gasteiger partial charge in [0.05, 0.1) is 34.7 Å². The Balaban J connectivity index is 0.000000237. The predicted octanol–water partition coefficient (Wildman–Crippen LogP) is 1.75. The molecule has 0 bridgehead atoms. The van der Waals surface area contributed by atoms with E-state index in [4.69, 9.17) is 34.7 Å². The molecule has 13 N–H and O–H groups in total. The second kappa shape index (κ2) is 17.1. The minimum absolute atomic E-state index is 0. The van der Waals surface area contributed by atoms with E-state index in [0.717, 1.165) is 0 Å². The Bertz CT molecular complexity index is 2770. The summed E-state index contributed by atoms with van der Waals surface area (Å²) in [6.07, 6.45) is -1.82. The van der Waals surface area contributed by atoms with E-state index in [1.807, 2.05) is 0 Å². The summed E-state index contributed by atoms with van der Waals surface area (Å²) in [7, 11) is 6.02. The summed E-state index contributed by atoms with van der Waals surface area (Å²) in [4.78, 5) is 79.5. The summed E-state index contributed by atoms with van der Waals surface area (Å²) in [5.41, 5.74) is 2.49. The molecule has 0 aliphatic heterocycles. The van der Waals surface area contributed by atoms with E-state index in [0.29, 0.717) is 0 Å². The Morgan fingerprint density at radius 3 is 1.69 bits per heavy atom. The van der Waals surface area contributed by atoms with Crippen LogP contribution >= 0.6 is 48.0 Å². The lowest BCUT2D eigenvalue weighted by Gasteiger charge is -2.51. The van der Waals surface area contributed by atoms with Crippen molar-refractivity contribution in [3.05, 3.63) is 90.9 Å². The van der Waals surface area contributed by atoms with E-state index in [2.05, 4.69) is 0 Å². The Morgan fingerprint density at radius 2 is 1.18 bits per heavy atom. The number of hydrogen-bond donors (Lipinski definition) is 11. The molecule has 8 atom stereocenters. The maximum Gasteiger partial charge on any atom is 0.255 e. The number of rotatable bonds is 4. The van der Waals surface area contributed by atoms with Gasteiger partial charge in [-0.3, -0.25) is 38.6 Å². The van der Waals surface area contributed by atoms with E-state index in [-0.39, 0.29) is 86.5 Å². The molecule has 0 spiro atoms. The SMILES string of the molecule is CN(C)[C@@H]1C(=O)C(C(N)=O)=C(O)[C@@]2(O)C(=O)C3=C(O)c4c(O)ccc(Cl)c4[C@@H](O)[C@H]3C[C@@H]12.CN(C)[C@@H]1C(=O)C(C(N)=O)=C(O)[C@@]2(O)C(=O)c3c(cc4c(Cl)ccc(O)c4c3O)C[C@@H]12.Cl.Cl. The number of aliphatic hydroxyl groups excluding tert-OH is 4. The fourth-order valence-electron chi connectivity index (χ4n) is 9.99. The van der Waals surface area contributed by atoms with Crippen LogP contribution in [0, 0.1) is 17.8 Å². The van der Waals surface area contributed by atoms with Gasteiger partial charge in [-0.05, 0) is 76.9 Å². The van der Waals surface area contributed by atoms with Gasteiger partial charge < -0.3 is 57.4 Å².